The Hall–Kier alpha value is -1.25. The molecule has 1 aromatic rings. The predicted octanol–water partition coefficient (Wildman–Crippen LogP) is 0.697. The molecule has 0 spiro atoms. The number of aromatic amines is 1. The van der Waals surface area contributed by atoms with Crippen molar-refractivity contribution in [1.29, 1.82) is 0 Å². The molecule has 0 unspecified atom stereocenters. The summed E-state index contributed by atoms with van der Waals surface area (Å²) in [4.78, 5) is 2.91. The molecule has 48 valence electrons. The summed E-state index contributed by atoms with van der Waals surface area (Å²) in [6, 6.07) is 1.92. The summed E-state index contributed by atoms with van der Waals surface area (Å²) in [5.41, 5.74) is 1.88. The molecular formula is C6H9N3. The first kappa shape index (κ1) is 5.88. The average Bonchev–Trinajstić information content (AvgIpc) is 2.37. The van der Waals surface area contributed by atoms with Crippen molar-refractivity contribution in [2.45, 2.75) is 6.92 Å². The fraction of sp³-hybridized carbons (Fsp3) is 0.167. The lowest BCUT2D eigenvalue weighted by molar-refractivity contribution is 1.24. The van der Waals surface area contributed by atoms with Gasteiger partial charge in [0.05, 0.1) is 5.71 Å². The van der Waals surface area contributed by atoms with Gasteiger partial charge >= 0.3 is 0 Å². The van der Waals surface area contributed by atoms with E-state index in [9.17, 15) is 0 Å². The summed E-state index contributed by atoms with van der Waals surface area (Å²) < 4.78 is 0. The van der Waals surface area contributed by atoms with Gasteiger partial charge < -0.3 is 10.8 Å². The minimum atomic E-state index is 0.844. The maximum absolute atomic E-state index is 5.04. The van der Waals surface area contributed by atoms with Crippen LogP contribution >= 0.6 is 0 Å². The molecule has 0 saturated heterocycles. The number of H-pyrrole nitrogens is 1. The van der Waals surface area contributed by atoms with Gasteiger partial charge in [-0.15, -0.1) is 0 Å². The quantitative estimate of drug-likeness (QED) is 0.322. The molecular weight excluding hydrogens is 114 g/mol. The summed E-state index contributed by atoms with van der Waals surface area (Å²) in [7, 11) is 0. The molecule has 3 N–H and O–H groups in total. The maximum Gasteiger partial charge on any atom is 0.0656 e. The lowest BCUT2D eigenvalue weighted by Crippen LogP contribution is -1.95. The highest BCUT2D eigenvalue weighted by Crippen LogP contribution is 1.96. The van der Waals surface area contributed by atoms with Gasteiger partial charge in [0.2, 0.25) is 0 Å². The fourth-order valence-electron chi connectivity index (χ4n) is 0.623. The van der Waals surface area contributed by atoms with Crippen LogP contribution < -0.4 is 5.84 Å². The van der Waals surface area contributed by atoms with Gasteiger partial charge in [-0.1, -0.05) is 0 Å². The molecule has 0 aliphatic carbocycles. The number of hydrogen-bond acceptors (Lipinski definition) is 2. The normalized spacial score (nSPS) is 11.9. The second-order valence-corrected chi connectivity index (χ2v) is 1.81. The van der Waals surface area contributed by atoms with Gasteiger partial charge in [0, 0.05) is 18.0 Å². The molecule has 0 saturated carbocycles. The molecule has 0 fully saturated rings. The zero-order valence-electron chi connectivity index (χ0n) is 5.26. The highest BCUT2D eigenvalue weighted by molar-refractivity contribution is 5.98. The van der Waals surface area contributed by atoms with Crippen LogP contribution in [-0.4, -0.2) is 10.7 Å². The van der Waals surface area contributed by atoms with Crippen LogP contribution in [0.1, 0.15) is 12.5 Å². The number of hydrazone groups is 1. The van der Waals surface area contributed by atoms with E-state index in [0.717, 1.165) is 11.3 Å². The van der Waals surface area contributed by atoms with E-state index in [2.05, 4.69) is 10.1 Å². The third kappa shape index (κ3) is 1.10. The fourth-order valence-corrected chi connectivity index (χ4v) is 0.623. The van der Waals surface area contributed by atoms with Crippen LogP contribution in [0.4, 0.5) is 0 Å². The molecule has 0 aliphatic rings. The van der Waals surface area contributed by atoms with Crippen molar-refractivity contribution in [2.75, 3.05) is 0 Å². The average molecular weight is 123 g/mol. The Kier molecular flexibility index (Phi) is 1.53. The molecule has 1 rings (SSSR count). The summed E-state index contributed by atoms with van der Waals surface area (Å²) in [5, 5.41) is 3.53. The smallest absolute Gasteiger partial charge is 0.0656 e. The summed E-state index contributed by atoms with van der Waals surface area (Å²) in [5.74, 6) is 5.04. The Labute approximate surface area is 53.6 Å². The molecule has 1 heterocycles. The van der Waals surface area contributed by atoms with Crippen molar-refractivity contribution >= 4 is 5.71 Å². The number of aromatic nitrogens is 1. The Morgan fingerprint density at radius 3 is 3.00 bits per heavy atom. The number of nitrogens with zero attached hydrogens (tertiary/aromatic N) is 1. The zero-order chi connectivity index (χ0) is 6.69. The van der Waals surface area contributed by atoms with Crippen molar-refractivity contribution in [1.82, 2.24) is 4.98 Å². The third-order valence-corrected chi connectivity index (χ3v) is 1.21. The lowest BCUT2D eigenvalue weighted by atomic mass is 10.2. The van der Waals surface area contributed by atoms with Gasteiger partial charge in [0.25, 0.3) is 0 Å². The Morgan fingerprint density at radius 1 is 1.78 bits per heavy atom. The monoisotopic (exact) mass is 123 g/mol. The van der Waals surface area contributed by atoms with Crippen molar-refractivity contribution in [3.05, 3.63) is 24.0 Å². The molecule has 0 radical (unpaired) electrons. The Morgan fingerprint density at radius 2 is 2.56 bits per heavy atom. The van der Waals surface area contributed by atoms with E-state index >= 15 is 0 Å². The van der Waals surface area contributed by atoms with Gasteiger partial charge in [-0.25, -0.2) is 0 Å². The number of rotatable bonds is 1. The molecule has 0 aromatic carbocycles. The largest absolute Gasteiger partial charge is 0.367 e. The van der Waals surface area contributed by atoms with Gasteiger partial charge in [-0.05, 0) is 13.0 Å². The molecule has 9 heavy (non-hydrogen) atoms. The van der Waals surface area contributed by atoms with E-state index < -0.39 is 0 Å². The number of nitrogens with one attached hydrogen (secondary N) is 1. The predicted molar refractivity (Wildman–Crippen MR) is 37.2 cm³/mol. The third-order valence-electron chi connectivity index (χ3n) is 1.21. The Bertz CT molecular complexity index is 198. The summed E-state index contributed by atoms with van der Waals surface area (Å²) in [6.07, 6.45) is 3.69. The Balaban J connectivity index is 2.90. The first-order valence-electron chi connectivity index (χ1n) is 2.72. The van der Waals surface area contributed by atoms with Crippen LogP contribution in [0, 0.1) is 0 Å². The van der Waals surface area contributed by atoms with Gasteiger partial charge in [0.15, 0.2) is 0 Å². The number of nitrogens with two attached hydrogens (primary N) is 1. The molecule has 3 heteroatoms. The molecule has 0 amide bonds. The SMILES string of the molecule is CC(=NN)c1cc[nH]c1. The van der Waals surface area contributed by atoms with Gasteiger partial charge in [0.1, 0.15) is 0 Å². The maximum atomic E-state index is 5.04. The first-order valence-corrected chi connectivity index (χ1v) is 2.72. The second kappa shape index (κ2) is 2.35. The molecule has 0 atom stereocenters. The van der Waals surface area contributed by atoms with Crippen molar-refractivity contribution in [3.63, 3.8) is 0 Å². The molecule has 1 aromatic heterocycles. The van der Waals surface area contributed by atoms with E-state index in [-0.39, 0.29) is 0 Å². The standard InChI is InChI=1S/C6H9N3/c1-5(9-7)6-2-3-8-4-6/h2-4,8H,7H2,1H3. The van der Waals surface area contributed by atoms with E-state index in [1.807, 2.05) is 25.4 Å². The summed E-state index contributed by atoms with van der Waals surface area (Å²) >= 11 is 0. The van der Waals surface area contributed by atoms with Crippen LogP contribution in [0.25, 0.3) is 0 Å². The second-order valence-electron chi connectivity index (χ2n) is 1.81. The van der Waals surface area contributed by atoms with E-state index in [1.165, 1.54) is 0 Å². The van der Waals surface area contributed by atoms with Gasteiger partial charge in [-0.2, -0.15) is 5.10 Å². The minimum Gasteiger partial charge on any atom is -0.367 e. The van der Waals surface area contributed by atoms with Crippen LogP contribution in [0.3, 0.4) is 0 Å². The van der Waals surface area contributed by atoms with Crippen LogP contribution in [-0.2, 0) is 0 Å². The number of hydrogen-bond donors (Lipinski definition) is 2. The highest BCUT2D eigenvalue weighted by atomic mass is 15.1. The van der Waals surface area contributed by atoms with Crippen molar-refractivity contribution < 1.29 is 0 Å². The van der Waals surface area contributed by atoms with Crippen LogP contribution in [0.2, 0.25) is 0 Å². The van der Waals surface area contributed by atoms with E-state index in [4.69, 9.17) is 5.84 Å². The lowest BCUT2D eigenvalue weighted by Gasteiger charge is -1.88. The molecule has 0 aliphatic heterocycles. The molecule has 3 nitrogen and oxygen atoms in total. The minimum absolute atomic E-state index is 0.844. The summed E-state index contributed by atoms with van der Waals surface area (Å²) in [6.45, 7) is 1.86. The zero-order valence-corrected chi connectivity index (χ0v) is 5.26. The van der Waals surface area contributed by atoms with Crippen LogP contribution in [0.15, 0.2) is 23.6 Å². The highest BCUT2D eigenvalue weighted by Gasteiger charge is 1.93. The van der Waals surface area contributed by atoms with Crippen molar-refractivity contribution in [3.8, 4) is 0 Å². The van der Waals surface area contributed by atoms with E-state index in [0.29, 0.717) is 0 Å². The van der Waals surface area contributed by atoms with Crippen molar-refractivity contribution in [2.24, 2.45) is 10.9 Å². The van der Waals surface area contributed by atoms with E-state index in [1.54, 1.807) is 0 Å². The van der Waals surface area contributed by atoms with Gasteiger partial charge in [-0.3, -0.25) is 0 Å². The van der Waals surface area contributed by atoms with Crippen LogP contribution in [0.5, 0.6) is 0 Å². The molecule has 0 bridgehead atoms. The first-order chi connectivity index (χ1) is 4.34. The topological polar surface area (TPSA) is 54.2 Å².